The number of rotatable bonds is 7. The van der Waals surface area contributed by atoms with E-state index in [1.54, 1.807) is 6.07 Å². The van der Waals surface area contributed by atoms with E-state index in [-0.39, 0.29) is 11.3 Å². The number of fused-ring (bicyclic) bond motifs is 1. The number of benzene rings is 1. The molecule has 2 aromatic heterocycles. The minimum atomic E-state index is -0.142. The van der Waals surface area contributed by atoms with Crippen LogP contribution in [0.1, 0.15) is 36.4 Å². The van der Waals surface area contributed by atoms with Crippen LogP contribution in [-0.4, -0.2) is 32.7 Å². The van der Waals surface area contributed by atoms with E-state index < -0.39 is 0 Å². The topological polar surface area (TPSA) is 106 Å². The van der Waals surface area contributed by atoms with E-state index >= 15 is 0 Å². The van der Waals surface area contributed by atoms with E-state index in [1.165, 1.54) is 18.5 Å². The summed E-state index contributed by atoms with van der Waals surface area (Å²) in [4.78, 5) is 23.6. The molecule has 0 amide bonds. The molecule has 0 unspecified atom stereocenters. The molecular weight excluding hydrogens is 306 g/mol. The van der Waals surface area contributed by atoms with E-state index in [4.69, 9.17) is 0 Å². The molecule has 1 saturated carbocycles. The average molecular weight is 325 g/mol. The zero-order valence-corrected chi connectivity index (χ0v) is 13.2. The lowest BCUT2D eigenvalue weighted by atomic mass is 10.1. The van der Waals surface area contributed by atoms with Crippen molar-refractivity contribution in [1.82, 2.24) is 20.4 Å². The quantitative estimate of drug-likeness (QED) is 0.533. The minimum Gasteiger partial charge on any atom is -0.368 e. The number of ketones is 1. The van der Waals surface area contributed by atoms with Crippen LogP contribution in [0.3, 0.4) is 0 Å². The van der Waals surface area contributed by atoms with Gasteiger partial charge in [0.15, 0.2) is 0 Å². The molecule has 0 spiro atoms. The second-order valence-electron chi connectivity index (χ2n) is 6.33. The number of H-pyrrole nitrogens is 3. The molecule has 1 aliphatic carbocycles. The van der Waals surface area contributed by atoms with Gasteiger partial charge in [-0.1, -0.05) is 6.07 Å². The van der Waals surface area contributed by atoms with Crippen molar-refractivity contribution in [3.8, 4) is 0 Å². The van der Waals surface area contributed by atoms with Crippen LogP contribution >= 0.6 is 0 Å². The number of Topliss-reactive ketones (excluding diaryl/α,β-unsaturated/α-hetero) is 1. The van der Waals surface area contributed by atoms with Crippen LogP contribution < -0.4 is 10.9 Å². The minimum absolute atomic E-state index is 0.142. The zero-order valence-electron chi connectivity index (χ0n) is 13.2. The number of anilines is 1. The Morgan fingerprint density at radius 2 is 2.12 bits per heavy atom. The fraction of sp³-hybridized carbons (Fsp3) is 0.353. The fourth-order valence-electron chi connectivity index (χ4n) is 2.87. The molecule has 3 aromatic rings. The monoisotopic (exact) mass is 325 g/mol. The molecule has 24 heavy (non-hydrogen) atoms. The van der Waals surface area contributed by atoms with Crippen molar-refractivity contribution in [1.29, 1.82) is 0 Å². The number of nitrogens with zero attached hydrogens (tertiary/aromatic N) is 1. The summed E-state index contributed by atoms with van der Waals surface area (Å²) in [6.45, 7) is 0.566. The number of carbonyl (C=O) groups is 1. The van der Waals surface area contributed by atoms with Gasteiger partial charge in [0.2, 0.25) is 0 Å². The van der Waals surface area contributed by atoms with Crippen molar-refractivity contribution in [2.45, 2.75) is 31.6 Å². The number of carbonyl (C=O) groups excluding carboxylic acids is 1. The fourth-order valence-corrected chi connectivity index (χ4v) is 2.87. The van der Waals surface area contributed by atoms with E-state index in [1.807, 2.05) is 18.2 Å². The van der Waals surface area contributed by atoms with Crippen molar-refractivity contribution < 1.29 is 4.79 Å². The lowest BCUT2D eigenvalue weighted by molar-refractivity contribution is -0.118. The van der Waals surface area contributed by atoms with Crippen molar-refractivity contribution in [2.75, 3.05) is 11.9 Å². The first-order chi connectivity index (χ1) is 11.7. The molecule has 1 aliphatic rings. The number of hydrogen-bond donors (Lipinski definition) is 4. The van der Waals surface area contributed by atoms with Crippen LogP contribution in [0.2, 0.25) is 0 Å². The second-order valence-corrected chi connectivity index (χ2v) is 6.33. The van der Waals surface area contributed by atoms with Crippen LogP contribution in [0.5, 0.6) is 0 Å². The highest BCUT2D eigenvalue weighted by Crippen LogP contribution is 2.39. The van der Waals surface area contributed by atoms with Crippen LogP contribution in [0.25, 0.3) is 10.9 Å². The molecule has 0 radical (unpaired) electrons. The maximum absolute atomic E-state index is 12.1. The summed E-state index contributed by atoms with van der Waals surface area (Å²) >= 11 is 0. The highest BCUT2D eigenvalue weighted by atomic mass is 16.1. The van der Waals surface area contributed by atoms with Crippen LogP contribution in [-0.2, 0) is 11.2 Å². The maximum atomic E-state index is 12.1. The molecule has 2 heterocycles. The SMILES string of the molecule is O=C(CCNc1cc(C2CC2)[nH]n1)Cc1ccc2c(=O)[nH][nH]c2c1. The van der Waals surface area contributed by atoms with Gasteiger partial charge in [-0.15, -0.1) is 0 Å². The Labute approximate surface area is 137 Å². The van der Waals surface area contributed by atoms with Gasteiger partial charge >= 0.3 is 0 Å². The van der Waals surface area contributed by atoms with Gasteiger partial charge in [0.25, 0.3) is 5.56 Å². The first-order valence-corrected chi connectivity index (χ1v) is 8.19. The molecule has 4 rings (SSSR count). The number of nitrogens with one attached hydrogen (secondary N) is 4. The molecule has 1 fully saturated rings. The smallest absolute Gasteiger partial charge is 0.271 e. The third-order valence-corrected chi connectivity index (χ3v) is 4.37. The van der Waals surface area contributed by atoms with Crippen molar-refractivity contribution >= 4 is 22.5 Å². The van der Waals surface area contributed by atoms with Crippen molar-refractivity contribution in [3.05, 3.63) is 45.9 Å². The molecule has 0 aliphatic heterocycles. The van der Waals surface area contributed by atoms with Gasteiger partial charge in [-0.3, -0.25) is 24.9 Å². The Morgan fingerprint density at radius 3 is 2.96 bits per heavy atom. The van der Waals surface area contributed by atoms with E-state index in [9.17, 15) is 9.59 Å². The average Bonchev–Trinajstić information content (AvgIpc) is 3.21. The predicted octanol–water partition coefficient (Wildman–Crippen LogP) is 2.07. The molecule has 0 saturated heterocycles. The van der Waals surface area contributed by atoms with Gasteiger partial charge in [-0.25, -0.2) is 0 Å². The number of hydrogen-bond acceptors (Lipinski definition) is 4. The van der Waals surface area contributed by atoms with Gasteiger partial charge in [0.05, 0.1) is 10.9 Å². The molecule has 7 nitrogen and oxygen atoms in total. The molecule has 1 aromatic carbocycles. The summed E-state index contributed by atoms with van der Waals surface area (Å²) in [5.74, 6) is 1.60. The van der Waals surface area contributed by atoms with Gasteiger partial charge in [-0.05, 0) is 30.5 Å². The maximum Gasteiger partial charge on any atom is 0.271 e. The Hall–Kier alpha value is -2.83. The van der Waals surface area contributed by atoms with E-state index in [0.29, 0.717) is 30.7 Å². The summed E-state index contributed by atoms with van der Waals surface area (Å²) in [7, 11) is 0. The number of aromatic nitrogens is 4. The summed E-state index contributed by atoms with van der Waals surface area (Å²) in [5.41, 5.74) is 2.67. The van der Waals surface area contributed by atoms with Crippen LogP contribution in [0.4, 0.5) is 5.82 Å². The molecule has 7 heteroatoms. The molecule has 0 bridgehead atoms. The zero-order chi connectivity index (χ0) is 16.5. The van der Waals surface area contributed by atoms with Crippen LogP contribution in [0.15, 0.2) is 29.1 Å². The molecule has 124 valence electrons. The Kier molecular flexibility index (Phi) is 3.68. The van der Waals surface area contributed by atoms with E-state index in [2.05, 4.69) is 25.7 Å². The van der Waals surface area contributed by atoms with Gasteiger partial charge in [0.1, 0.15) is 11.6 Å². The highest BCUT2D eigenvalue weighted by Gasteiger charge is 2.25. The Bertz CT molecular complexity index is 932. The summed E-state index contributed by atoms with van der Waals surface area (Å²) < 4.78 is 0. The Balaban J connectivity index is 1.29. The van der Waals surface area contributed by atoms with Crippen molar-refractivity contribution in [2.24, 2.45) is 0 Å². The standard InChI is InChI=1S/C17H19N5O2/c23-12(5-6-18-16-9-14(19-21-16)11-2-3-11)7-10-1-4-13-15(8-10)20-22-17(13)24/h1,4,8-9,11H,2-3,5-7H2,(H2,18,19,21)(H2,20,22,24). The largest absolute Gasteiger partial charge is 0.368 e. The van der Waals surface area contributed by atoms with E-state index in [0.717, 1.165) is 16.9 Å². The lowest BCUT2D eigenvalue weighted by Crippen LogP contribution is -2.11. The highest BCUT2D eigenvalue weighted by molar-refractivity contribution is 5.84. The second kappa shape index (κ2) is 5.99. The third-order valence-electron chi connectivity index (χ3n) is 4.37. The van der Waals surface area contributed by atoms with Gasteiger partial charge in [-0.2, -0.15) is 5.10 Å². The predicted molar refractivity (Wildman–Crippen MR) is 91.3 cm³/mol. The molecule has 0 atom stereocenters. The third kappa shape index (κ3) is 3.10. The first kappa shape index (κ1) is 14.7. The Morgan fingerprint density at radius 1 is 1.25 bits per heavy atom. The van der Waals surface area contributed by atoms with Crippen LogP contribution in [0, 0.1) is 0 Å². The normalized spacial score (nSPS) is 14.2. The summed E-state index contributed by atoms with van der Waals surface area (Å²) in [5, 5.41) is 16.4. The van der Waals surface area contributed by atoms with Gasteiger partial charge < -0.3 is 5.32 Å². The number of aromatic amines is 3. The van der Waals surface area contributed by atoms with Crippen molar-refractivity contribution in [3.63, 3.8) is 0 Å². The lowest BCUT2D eigenvalue weighted by Gasteiger charge is -2.03. The molecule has 4 N–H and O–H groups in total. The summed E-state index contributed by atoms with van der Waals surface area (Å²) in [6.07, 6.45) is 3.26. The molecular formula is C17H19N5O2. The van der Waals surface area contributed by atoms with Gasteiger partial charge in [0, 0.05) is 37.1 Å². The first-order valence-electron chi connectivity index (χ1n) is 8.19. The summed E-state index contributed by atoms with van der Waals surface area (Å²) in [6, 6.07) is 7.44.